The third-order valence-corrected chi connectivity index (χ3v) is 3.26. The third kappa shape index (κ3) is 8.40. The predicted octanol–water partition coefficient (Wildman–Crippen LogP) is 4.97. The lowest BCUT2D eigenvalue weighted by Gasteiger charge is -2.10. The highest BCUT2D eigenvalue weighted by molar-refractivity contribution is 5.49. The van der Waals surface area contributed by atoms with Crippen LogP contribution in [-0.4, -0.2) is 19.8 Å². The lowest BCUT2D eigenvalue weighted by molar-refractivity contribution is 0.270. The maximum absolute atomic E-state index is 5.79. The van der Waals surface area contributed by atoms with Crippen LogP contribution in [0.5, 0.6) is 11.5 Å². The lowest BCUT2D eigenvalue weighted by Crippen LogP contribution is -2.01. The summed E-state index contributed by atoms with van der Waals surface area (Å²) in [6, 6.07) is 6.81. The van der Waals surface area contributed by atoms with Crippen molar-refractivity contribution in [2.24, 2.45) is 0 Å². The van der Waals surface area contributed by atoms with Gasteiger partial charge < -0.3 is 14.2 Å². The molecule has 0 bridgehead atoms. The van der Waals surface area contributed by atoms with Gasteiger partial charge in [0.1, 0.15) is 24.2 Å². The normalized spacial score (nSPS) is 9.87. The van der Waals surface area contributed by atoms with Crippen molar-refractivity contribution in [2.45, 2.75) is 59.3 Å². The van der Waals surface area contributed by atoms with Gasteiger partial charge in [0.05, 0.1) is 18.8 Å². The summed E-state index contributed by atoms with van der Waals surface area (Å²) >= 11 is 0. The molecule has 23 heavy (non-hydrogen) atoms. The standard InChI is InChI=1S/C20H29O3/c1-4-7-13-21-16-12-18-17-19(22-14-8-5-2)10-11-20(18)23-15-9-6-3/h11,17H,4-9,13-15H2,1-3H3. The molecule has 0 fully saturated rings. The summed E-state index contributed by atoms with van der Waals surface area (Å²) in [6.45, 7) is 8.46. The Morgan fingerprint density at radius 2 is 1.57 bits per heavy atom. The largest absolute Gasteiger partial charge is 0.493 e. The van der Waals surface area contributed by atoms with Gasteiger partial charge in [0.25, 0.3) is 0 Å². The molecule has 0 aromatic heterocycles. The highest BCUT2D eigenvalue weighted by Gasteiger charge is 2.05. The van der Waals surface area contributed by atoms with E-state index in [2.05, 4.69) is 38.9 Å². The Bertz CT molecular complexity index is 485. The van der Waals surface area contributed by atoms with Crippen LogP contribution in [0.4, 0.5) is 0 Å². The molecular formula is C20H29O3. The van der Waals surface area contributed by atoms with Gasteiger partial charge in [0.2, 0.25) is 0 Å². The zero-order chi connectivity index (χ0) is 16.8. The molecule has 0 N–H and O–H groups in total. The number of hydrogen-bond donors (Lipinski definition) is 0. The second kappa shape index (κ2) is 12.7. The SMILES string of the molecule is CCCCOC#Cc1cc(OCCCC)[c]cc1OCCCC. The van der Waals surface area contributed by atoms with Gasteiger partial charge in [-0.25, -0.2) is 0 Å². The highest BCUT2D eigenvalue weighted by Crippen LogP contribution is 2.23. The van der Waals surface area contributed by atoms with E-state index in [9.17, 15) is 0 Å². The topological polar surface area (TPSA) is 27.7 Å². The summed E-state index contributed by atoms with van der Waals surface area (Å²) in [6.07, 6.45) is 9.14. The Kier molecular flexibility index (Phi) is 10.6. The second-order valence-electron chi connectivity index (χ2n) is 5.41. The zero-order valence-electron chi connectivity index (χ0n) is 14.7. The number of benzene rings is 1. The molecule has 1 aromatic carbocycles. The third-order valence-electron chi connectivity index (χ3n) is 3.26. The Labute approximate surface area is 141 Å². The van der Waals surface area contributed by atoms with E-state index in [0.29, 0.717) is 25.6 Å². The smallest absolute Gasteiger partial charge is 0.135 e. The zero-order valence-corrected chi connectivity index (χ0v) is 14.7. The van der Waals surface area contributed by atoms with Crippen LogP contribution in [-0.2, 0) is 4.74 Å². The summed E-state index contributed by atoms with van der Waals surface area (Å²) in [7, 11) is 0. The van der Waals surface area contributed by atoms with Crippen LogP contribution >= 0.6 is 0 Å². The molecular weight excluding hydrogens is 288 g/mol. The van der Waals surface area contributed by atoms with E-state index in [0.717, 1.165) is 49.8 Å². The second-order valence-corrected chi connectivity index (χ2v) is 5.41. The maximum atomic E-state index is 5.79. The number of rotatable bonds is 11. The fourth-order valence-corrected chi connectivity index (χ4v) is 1.77. The summed E-state index contributed by atoms with van der Waals surface area (Å²) in [4.78, 5) is 0. The molecule has 1 radical (unpaired) electrons. The predicted molar refractivity (Wildman–Crippen MR) is 93.8 cm³/mol. The first kappa shape index (κ1) is 19.2. The van der Waals surface area contributed by atoms with Crippen LogP contribution in [0.1, 0.15) is 64.9 Å². The van der Waals surface area contributed by atoms with Crippen molar-refractivity contribution in [3.63, 3.8) is 0 Å². The molecule has 0 aliphatic carbocycles. The first-order valence-corrected chi connectivity index (χ1v) is 8.75. The number of hydrogen-bond acceptors (Lipinski definition) is 3. The monoisotopic (exact) mass is 317 g/mol. The van der Waals surface area contributed by atoms with Crippen LogP contribution < -0.4 is 9.47 Å². The molecule has 1 rings (SSSR count). The fourth-order valence-electron chi connectivity index (χ4n) is 1.77. The quantitative estimate of drug-likeness (QED) is 0.426. The lowest BCUT2D eigenvalue weighted by atomic mass is 10.2. The van der Waals surface area contributed by atoms with Crippen LogP contribution in [0.15, 0.2) is 12.1 Å². The molecule has 3 heteroatoms. The Morgan fingerprint density at radius 1 is 0.913 bits per heavy atom. The molecule has 3 nitrogen and oxygen atoms in total. The maximum Gasteiger partial charge on any atom is 0.135 e. The Balaban J connectivity index is 2.74. The molecule has 0 heterocycles. The van der Waals surface area contributed by atoms with Gasteiger partial charge in [-0.1, -0.05) is 40.0 Å². The van der Waals surface area contributed by atoms with Crippen molar-refractivity contribution in [2.75, 3.05) is 19.8 Å². The van der Waals surface area contributed by atoms with E-state index in [4.69, 9.17) is 14.2 Å². The molecule has 0 saturated heterocycles. The van der Waals surface area contributed by atoms with E-state index in [-0.39, 0.29) is 0 Å². The van der Waals surface area contributed by atoms with Crippen molar-refractivity contribution < 1.29 is 14.2 Å². The van der Waals surface area contributed by atoms with E-state index in [1.165, 1.54) is 0 Å². The van der Waals surface area contributed by atoms with Gasteiger partial charge in [-0.05, 0) is 31.2 Å². The van der Waals surface area contributed by atoms with Crippen LogP contribution in [0.3, 0.4) is 0 Å². The minimum atomic E-state index is 0.661. The van der Waals surface area contributed by atoms with Gasteiger partial charge >= 0.3 is 0 Å². The summed E-state index contributed by atoms with van der Waals surface area (Å²) in [5.74, 6) is 4.48. The molecule has 0 spiro atoms. The first-order chi connectivity index (χ1) is 11.3. The van der Waals surface area contributed by atoms with Crippen molar-refractivity contribution in [1.82, 2.24) is 0 Å². The first-order valence-electron chi connectivity index (χ1n) is 8.75. The van der Waals surface area contributed by atoms with Crippen molar-refractivity contribution in [1.29, 1.82) is 0 Å². The summed E-state index contributed by atoms with van der Waals surface area (Å²) in [5, 5.41) is 0. The summed E-state index contributed by atoms with van der Waals surface area (Å²) < 4.78 is 16.8. The Morgan fingerprint density at radius 3 is 2.26 bits per heavy atom. The van der Waals surface area contributed by atoms with Gasteiger partial charge in [-0.2, -0.15) is 0 Å². The average molecular weight is 317 g/mol. The van der Waals surface area contributed by atoms with Crippen molar-refractivity contribution >= 4 is 0 Å². The molecule has 127 valence electrons. The van der Waals surface area contributed by atoms with Gasteiger partial charge in [0, 0.05) is 12.1 Å². The minimum Gasteiger partial charge on any atom is -0.493 e. The van der Waals surface area contributed by atoms with Gasteiger partial charge in [-0.15, -0.1) is 0 Å². The highest BCUT2D eigenvalue weighted by atomic mass is 16.5. The van der Waals surface area contributed by atoms with E-state index in [1.54, 1.807) is 0 Å². The molecule has 1 aromatic rings. The van der Waals surface area contributed by atoms with E-state index in [1.807, 2.05) is 12.1 Å². The van der Waals surface area contributed by atoms with Crippen molar-refractivity contribution in [3.8, 4) is 23.5 Å². The molecule has 0 saturated carbocycles. The van der Waals surface area contributed by atoms with Gasteiger partial charge in [-0.3, -0.25) is 0 Å². The molecule has 0 atom stereocenters. The number of unbranched alkanes of at least 4 members (excludes halogenated alkanes) is 3. The average Bonchev–Trinajstić information content (AvgIpc) is 2.57. The number of ether oxygens (including phenoxy) is 3. The van der Waals surface area contributed by atoms with E-state index >= 15 is 0 Å². The van der Waals surface area contributed by atoms with Crippen LogP contribution in [0.2, 0.25) is 0 Å². The van der Waals surface area contributed by atoms with Crippen LogP contribution in [0, 0.1) is 18.1 Å². The molecule has 0 unspecified atom stereocenters. The molecule has 0 amide bonds. The summed E-state index contributed by atoms with van der Waals surface area (Å²) in [5.41, 5.74) is 0.794. The van der Waals surface area contributed by atoms with E-state index < -0.39 is 0 Å². The van der Waals surface area contributed by atoms with Crippen LogP contribution in [0.25, 0.3) is 0 Å². The van der Waals surface area contributed by atoms with Gasteiger partial charge in [0.15, 0.2) is 0 Å². The molecule has 0 aliphatic rings. The van der Waals surface area contributed by atoms with Crippen molar-refractivity contribution in [3.05, 3.63) is 23.8 Å². The minimum absolute atomic E-state index is 0.661. The molecule has 0 aliphatic heterocycles. The fraction of sp³-hybridized carbons (Fsp3) is 0.600. The Hall–Kier alpha value is -1.82.